The highest BCUT2D eigenvalue weighted by molar-refractivity contribution is 7.13. The van der Waals surface area contributed by atoms with Gasteiger partial charge in [-0.3, -0.25) is 9.69 Å². The van der Waals surface area contributed by atoms with Gasteiger partial charge in [0.05, 0.1) is 18.0 Å². The van der Waals surface area contributed by atoms with Crippen LogP contribution in [0, 0.1) is 6.92 Å². The molecule has 1 amide bonds. The molecule has 1 aromatic carbocycles. The fourth-order valence-corrected chi connectivity index (χ4v) is 4.51. The molecule has 0 N–H and O–H groups in total. The molecule has 1 aliphatic heterocycles. The maximum absolute atomic E-state index is 13.0. The van der Waals surface area contributed by atoms with Gasteiger partial charge in [0.2, 0.25) is 11.8 Å². The van der Waals surface area contributed by atoms with Crippen molar-refractivity contribution in [3.63, 3.8) is 0 Å². The van der Waals surface area contributed by atoms with E-state index < -0.39 is 0 Å². The largest absolute Gasteiger partial charge is 0.419 e. The van der Waals surface area contributed by atoms with Crippen LogP contribution in [0.5, 0.6) is 0 Å². The van der Waals surface area contributed by atoms with Gasteiger partial charge in [-0.25, -0.2) is 0 Å². The zero-order chi connectivity index (χ0) is 21.6. The van der Waals surface area contributed by atoms with Crippen LogP contribution >= 0.6 is 11.3 Å². The number of carbonyl (C=O) groups is 1. The second kappa shape index (κ2) is 10.1. The first-order valence-electron chi connectivity index (χ1n) is 10.8. The van der Waals surface area contributed by atoms with Crippen molar-refractivity contribution in [2.75, 3.05) is 44.2 Å². The molecule has 0 saturated carbocycles. The predicted molar refractivity (Wildman–Crippen MR) is 123 cm³/mol. The van der Waals surface area contributed by atoms with Crippen LogP contribution in [-0.2, 0) is 11.3 Å². The van der Waals surface area contributed by atoms with E-state index in [1.807, 2.05) is 22.4 Å². The van der Waals surface area contributed by atoms with Gasteiger partial charge < -0.3 is 14.2 Å². The molecule has 0 atom stereocenters. The quantitative estimate of drug-likeness (QED) is 0.534. The number of hydrogen-bond donors (Lipinski definition) is 0. The topological polar surface area (TPSA) is 65.7 Å². The molecular formula is C23H29N5O2S. The van der Waals surface area contributed by atoms with E-state index in [1.54, 1.807) is 11.3 Å². The molecule has 2 aromatic heterocycles. The van der Waals surface area contributed by atoms with E-state index in [2.05, 4.69) is 58.1 Å². The van der Waals surface area contributed by atoms with E-state index in [4.69, 9.17) is 4.42 Å². The Hall–Kier alpha value is -2.71. The maximum Gasteiger partial charge on any atom is 0.257 e. The van der Waals surface area contributed by atoms with Gasteiger partial charge in [-0.1, -0.05) is 25.1 Å². The van der Waals surface area contributed by atoms with Crippen LogP contribution in [0.15, 0.2) is 46.2 Å². The zero-order valence-electron chi connectivity index (χ0n) is 18.2. The van der Waals surface area contributed by atoms with E-state index in [0.29, 0.717) is 24.9 Å². The summed E-state index contributed by atoms with van der Waals surface area (Å²) in [6.45, 7) is 9.10. The summed E-state index contributed by atoms with van der Waals surface area (Å²) in [6, 6.07) is 12.5. The highest BCUT2D eigenvalue weighted by atomic mass is 32.1. The molecule has 1 fully saturated rings. The van der Waals surface area contributed by atoms with Crippen molar-refractivity contribution in [3.05, 3.63) is 53.2 Å². The minimum absolute atomic E-state index is 0.162. The summed E-state index contributed by atoms with van der Waals surface area (Å²) in [4.78, 5) is 20.3. The van der Waals surface area contributed by atoms with E-state index in [1.165, 1.54) is 11.3 Å². The Morgan fingerprint density at radius 2 is 2.00 bits per heavy atom. The van der Waals surface area contributed by atoms with E-state index in [-0.39, 0.29) is 5.91 Å². The van der Waals surface area contributed by atoms with Crippen LogP contribution < -0.4 is 4.90 Å². The number of anilines is 1. The highest BCUT2D eigenvalue weighted by Gasteiger charge is 2.24. The number of hydrogen-bond acceptors (Lipinski definition) is 7. The minimum Gasteiger partial charge on any atom is -0.419 e. The molecule has 1 aliphatic rings. The van der Waals surface area contributed by atoms with Crippen LogP contribution in [0.1, 0.15) is 24.8 Å². The van der Waals surface area contributed by atoms with Crippen LogP contribution in [0.25, 0.3) is 10.8 Å². The molecule has 3 aromatic rings. The Bertz CT molecular complexity index is 980. The first-order valence-corrected chi connectivity index (χ1v) is 11.7. The lowest BCUT2D eigenvalue weighted by Crippen LogP contribution is -2.51. The number of aromatic nitrogens is 2. The molecule has 0 unspecified atom stereocenters. The molecule has 4 rings (SSSR count). The average Bonchev–Trinajstić information content (AvgIpc) is 3.46. The summed E-state index contributed by atoms with van der Waals surface area (Å²) in [5.41, 5.74) is 2.49. The summed E-state index contributed by atoms with van der Waals surface area (Å²) >= 11 is 1.57. The molecule has 0 radical (unpaired) electrons. The summed E-state index contributed by atoms with van der Waals surface area (Å²) < 4.78 is 5.82. The smallest absolute Gasteiger partial charge is 0.257 e. The van der Waals surface area contributed by atoms with Gasteiger partial charge in [-0.15, -0.1) is 21.5 Å². The molecule has 0 spiro atoms. The molecule has 7 nitrogen and oxygen atoms in total. The van der Waals surface area contributed by atoms with Gasteiger partial charge in [-0.05, 0) is 49.0 Å². The van der Waals surface area contributed by atoms with Crippen molar-refractivity contribution in [1.29, 1.82) is 0 Å². The Morgan fingerprint density at radius 3 is 2.71 bits per heavy atom. The third-order valence-corrected chi connectivity index (χ3v) is 6.31. The summed E-state index contributed by atoms with van der Waals surface area (Å²) in [5, 5.41) is 10.3. The molecule has 0 bridgehead atoms. The van der Waals surface area contributed by atoms with Crippen molar-refractivity contribution in [2.45, 2.75) is 26.8 Å². The van der Waals surface area contributed by atoms with Crippen LogP contribution in [-0.4, -0.2) is 65.2 Å². The number of amides is 1. The van der Waals surface area contributed by atoms with Gasteiger partial charge in [0, 0.05) is 31.9 Å². The van der Waals surface area contributed by atoms with Crippen molar-refractivity contribution in [3.8, 4) is 10.8 Å². The van der Waals surface area contributed by atoms with Crippen molar-refractivity contribution in [1.82, 2.24) is 20.0 Å². The molecule has 3 heterocycles. The van der Waals surface area contributed by atoms with E-state index in [9.17, 15) is 4.79 Å². The predicted octanol–water partition coefficient (Wildman–Crippen LogP) is 3.67. The van der Waals surface area contributed by atoms with Gasteiger partial charge in [0.1, 0.15) is 0 Å². The van der Waals surface area contributed by atoms with Crippen LogP contribution in [0.3, 0.4) is 0 Å². The molecule has 1 saturated heterocycles. The second-order valence-electron chi connectivity index (χ2n) is 7.90. The number of aryl methyl sites for hydroxylation is 1. The molecule has 0 aliphatic carbocycles. The first kappa shape index (κ1) is 21.5. The monoisotopic (exact) mass is 439 g/mol. The van der Waals surface area contributed by atoms with Crippen LogP contribution in [0.2, 0.25) is 0 Å². The molecular weight excluding hydrogens is 410 g/mol. The van der Waals surface area contributed by atoms with Gasteiger partial charge in [0.25, 0.3) is 5.89 Å². The van der Waals surface area contributed by atoms with E-state index >= 15 is 0 Å². The number of thiophene rings is 1. The fraction of sp³-hybridized carbons (Fsp3) is 0.435. The normalized spacial score (nSPS) is 14.4. The molecule has 31 heavy (non-hydrogen) atoms. The van der Waals surface area contributed by atoms with Crippen molar-refractivity contribution < 1.29 is 9.21 Å². The number of piperazine rings is 1. The fourth-order valence-electron chi connectivity index (χ4n) is 3.87. The minimum atomic E-state index is 0.162. The maximum atomic E-state index is 13.0. The highest BCUT2D eigenvalue weighted by Crippen LogP contribution is 2.23. The number of rotatable bonds is 8. The first-order chi connectivity index (χ1) is 15.1. The average molecular weight is 440 g/mol. The number of carbonyl (C=O) groups excluding carboxylic acids is 1. The molecule has 164 valence electrons. The Labute approximate surface area is 187 Å². The van der Waals surface area contributed by atoms with Crippen molar-refractivity contribution >= 4 is 22.9 Å². The second-order valence-corrected chi connectivity index (χ2v) is 8.84. The van der Waals surface area contributed by atoms with Gasteiger partial charge in [-0.2, -0.15) is 0 Å². The SMILES string of the molecule is CCCN(CC(=O)N1CCN(c2cccc(C)c2)CC1)Cc1nnc(-c2cccs2)o1. The van der Waals surface area contributed by atoms with Crippen molar-refractivity contribution in [2.24, 2.45) is 0 Å². The van der Waals surface area contributed by atoms with Gasteiger partial charge >= 0.3 is 0 Å². The summed E-state index contributed by atoms with van der Waals surface area (Å²) in [5.74, 6) is 1.25. The zero-order valence-corrected chi connectivity index (χ0v) is 19.0. The summed E-state index contributed by atoms with van der Waals surface area (Å²) in [7, 11) is 0. The Morgan fingerprint density at radius 1 is 1.16 bits per heavy atom. The third kappa shape index (κ3) is 5.51. The molecule has 8 heteroatoms. The number of nitrogens with zero attached hydrogens (tertiary/aromatic N) is 5. The lowest BCUT2D eigenvalue weighted by atomic mass is 10.2. The lowest BCUT2D eigenvalue weighted by molar-refractivity contribution is -0.132. The third-order valence-electron chi connectivity index (χ3n) is 5.46. The lowest BCUT2D eigenvalue weighted by Gasteiger charge is -2.37. The van der Waals surface area contributed by atoms with Crippen LogP contribution in [0.4, 0.5) is 5.69 Å². The van der Waals surface area contributed by atoms with Gasteiger partial charge in [0.15, 0.2) is 0 Å². The summed E-state index contributed by atoms with van der Waals surface area (Å²) in [6.07, 6.45) is 0.959. The Kier molecular flexibility index (Phi) is 6.99. The number of benzene rings is 1. The van der Waals surface area contributed by atoms with E-state index in [0.717, 1.165) is 44.0 Å². The Balaban J connectivity index is 1.31. The standard InChI is InChI=1S/C23H29N5O2S/c1-3-9-26(16-21-24-25-23(30-21)20-8-5-14-31-20)17-22(29)28-12-10-27(11-13-28)19-7-4-6-18(2)15-19/h4-8,14-15H,3,9-13,16-17H2,1-2H3.